The standard InChI is InChI=1S/C8H9BO.2H2O/c1-10-6-7-3-2-4-8(9)5-7;;/h2-5H,6H2,1H3;2*1H2/q+2;;/p-2. The minimum atomic E-state index is 0. The van der Waals surface area contributed by atoms with E-state index in [-0.39, 0.29) is 11.0 Å². The third kappa shape index (κ3) is 4.13. The molecule has 0 aliphatic carbocycles. The maximum absolute atomic E-state index is 5.53. The van der Waals surface area contributed by atoms with Crippen molar-refractivity contribution in [2.24, 2.45) is 0 Å². The Hall–Kier alpha value is -0.835. The molecule has 12 heavy (non-hydrogen) atoms. The number of ether oxygens (including phenoxy) is 1. The Bertz CT molecular complexity index is 215. The number of rotatable bonds is 2. The molecule has 0 saturated carbocycles. The molecule has 0 saturated heterocycles. The predicted octanol–water partition coefficient (Wildman–Crippen LogP) is 0.273. The molecule has 64 valence electrons. The first-order valence-electron chi connectivity index (χ1n) is 3.16. The van der Waals surface area contributed by atoms with E-state index in [1.54, 1.807) is 7.11 Å². The van der Waals surface area contributed by atoms with Gasteiger partial charge in [-0.3, -0.25) is 0 Å². The first-order chi connectivity index (χ1) is 4.83. The van der Waals surface area contributed by atoms with Gasteiger partial charge in [-0.05, 0) is 0 Å². The van der Waals surface area contributed by atoms with Gasteiger partial charge in [0.1, 0.15) is 0 Å². The van der Waals surface area contributed by atoms with Crippen LogP contribution >= 0.6 is 0 Å². The molecule has 0 aromatic heterocycles. The average molecular weight is 166 g/mol. The van der Waals surface area contributed by atoms with E-state index in [0.29, 0.717) is 6.61 Å². The summed E-state index contributed by atoms with van der Waals surface area (Å²) < 4.78 is 4.93. The molecule has 2 N–H and O–H groups in total. The van der Waals surface area contributed by atoms with Crippen LogP contribution in [0.1, 0.15) is 5.56 Å². The third-order valence-electron chi connectivity index (χ3n) is 1.26. The van der Waals surface area contributed by atoms with Gasteiger partial charge in [-0.2, -0.15) is 0 Å². The number of methoxy groups -OCH3 is 1. The van der Waals surface area contributed by atoms with Gasteiger partial charge in [-0.25, -0.2) is 0 Å². The molecule has 1 aromatic rings. The molecule has 0 spiro atoms. The van der Waals surface area contributed by atoms with Gasteiger partial charge in [0.2, 0.25) is 0 Å². The van der Waals surface area contributed by atoms with Gasteiger partial charge >= 0.3 is 61.6 Å². The van der Waals surface area contributed by atoms with Gasteiger partial charge in [0.15, 0.2) is 0 Å². The van der Waals surface area contributed by atoms with Crippen LogP contribution in [0.5, 0.6) is 0 Å². The van der Waals surface area contributed by atoms with Crippen molar-refractivity contribution in [1.29, 1.82) is 0 Å². The molecular weight excluding hydrogens is 155 g/mol. The Morgan fingerprint density at radius 2 is 2.00 bits per heavy atom. The Balaban J connectivity index is 0. The maximum Gasteiger partial charge on any atom is -0.870 e. The second-order valence-electron chi connectivity index (χ2n) is 2.18. The van der Waals surface area contributed by atoms with Crippen molar-refractivity contribution < 1.29 is 15.7 Å². The quantitative estimate of drug-likeness (QED) is 0.592. The van der Waals surface area contributed by atoms with Crippen LogP contribution in [0.4, 0.5) is 0 Å². The SMILES string of the molecule is [B+2]c1cccc(COC)c1.[OH-].[OH-]. The van der Waals surface area contributed by atoms with Gasteiger partial charge in [-0.15, -0.1) is 0 Å². The monoisotopic (exact) mass is 166 g/mol. The van der Waals surface area contributed by atoms with Gasteiger partial charge in [0.05, 0.1) is 0 Å². The second kappa shape index (κ2) is 6.85. The molecule has 4 heteroatoms. The van der Waals surface area contributed by atoms with Crippen LogP contribution in [0.25, 0.3) is 0 Å². The fourth-order valence-electron chi connectivity index (χ4n) is 0.850. The summed E-state index contributed by atoms with van der Waals surface area (Å²) in [5.74, 6) is 0. The smallest absolute Gasteiger partial charge is 0.870 e. The van der Waals surface area contributed by atoms with E-state index in [9.17, 15) is 0 Å². The summed E-state index contributed by atoms with van der Waals surface area (Å²) in [7, 11) is 7.20. The molecule has 0 radical (unpaired) electrons. The maximum atomic E-state index is 5.53. The normalized spacial score (nSPS) is 8.25. The van der Waals surface area contributed by atoms with Crippen molar-refractivity contribution in [3.63, 3.8) is 0 Å². The zero-order valence-electron chi connectivity index (χ0n) is 6.90. The summed E-state index contributed by atoms with van der Waals surface area (Å²) in [6, 6.07) is 7.67. The van der Waals surface area contributed by atoms with Gasteiger partial charge in [0.25, 0.3) is 0 Å². The van der Waals surface area contributed by atoms with Crippen LogP contribution < -0.4 is 5.46 Å². The summed E-state index contributed by atoms with van der Waals surface area (Å²) in [6.45, 7) is 0.630. The summed E-state index contributed by atoms with van der Waals surface area (Å²) in [6.07, 6.45) is 0. The zero-order valence-corrected chi connectivity index (χ0v) is 6.90. The first kappa shape index (κ1) is 13.7. The van der Waals surface area contributed by atoms with E-state index in [0.717, 1.165) is 11.0 Å². The number of benzene rings is 1. The topological polar surface area (TPSA) is 69.2 Å². The molecule has 0 amide bonds. The van der Waals surface area contributed by atoms with Crippen molar-refractivity contribution in [2.75, 3.05) is 7.11 Å². The van der Waals surface area contributed by atoms with Crippen molar-refractivity contribution in [3.05, 3.63) is 29.8 Å². The molecule has 0 bridgehead atoms. The van der Waals surface area contributed by atoms with Crippen LogP contribution in [-0.4, -0.2) is 25.9 Å². The molecule has 0 aliphatic heterocycles. The second-order valence-corrected chi connectivity index (χ2v) is 2.18. The summed E-state index contributed by atoms with van der Waals surface area (Å²) in [5, 5.41) is 0. The van der Waals surface area contributed by atoms with Crippen LogP contribution in [0.15, 0.2) is 24.3 Å². The van der Waals surface area contributed by atoms with E-state index in [2.05, 4.69) is 0 Å². The summed E-state index contributed by atoms with van der Waals surface area (Å²) in [5.41, 5.74) is 1.90. The van der Waals surface area contributed by atoms with Crippen molar-refractivity contribution in [1.82, 2.24) is 0 Å². The van der Waals surface area contributed by atoms with E-state index in [1.807, 2.05) is 24.3 Å². The van der Waals surface area contributed by atoms with Crippen molar-refractivity contribution >= 4 is 13.3 Å². The number of hydrogen-bond donors (Lipinski definition) is 0. The Morgan fingerprint density at radius 3 is 2.50 bits per heavy atom. The molecule has 3 nitrogen and oxygen atoms in total. The van der Waals surface area contributed by atoms with Crippen LogP contribution in [0.3, 0.4) is 0 Å². The van der Waals surface area contributed by atoms with E-state index < -0.39 is 0 Å². The largest absolute Gasteiger partial charge is 0.870 e. The Labute approximate surface area is 73.4 Å². The molecular formula is C8H11BO3. The Kier molecular flexibility index (Phi) is 7.84. The van der Waals surface area contributed by atoms with Crippen molar-refractivity contribution in [2.45, 2.75) is 6.61 Å². The minimum Gasteiger partial charge on any atom is -0.870 e. The van der Waals surface area contributed by atoms with Crippen molar-refractivity contribution in [3.8, 4) is 0 Å². The van der Waals surface area contributed by atoms with Crippen LogP contribution in [0.2, 0.25) is 0 Å². The molecule has 0 fully saturated rings. The number of hydrogen-bond acceptors (Lipinski definition) is 3. The zero-order chi connectivity index (χ0) is 7.40. The summed E-state index contributed by atoms with van der Waals surface area (Å²) in [4.78, 5) is 0. The predicted molar refractivity (Wildman–Crippen MR) is 46.4 cm³/mol. The minimum absolute atomic E-state index is 0. The molecule has 0 unspecified atom stereocenters. The molecule has 0 aliphatic rings. The van der Waals surface area contributed by atoms with E-state index in [4.69, 9.17) is 12.6 Å². The molecule has 1 aromatic carbocycles. The van der Waals surface area contributed by atoms with Gasteiger partial charge in [-0.1, -0.05) is 0 Å². The third-order valence-corrected chi connectivity index (χ3v) is 1.26. The molecule has 1 rings (SSSR count). The van der Waals surface area contributed by atoms with E-state index >= 15 is 0 Å². The van der Waals surface area contributed by atoms with Gasteiger partial charge in [0, 0.05) is 0 Å². The molecule has 0 atom stereocenters. The fourth-order valence-corrected chi connectivity index (χ4v) is 0.850. The van der Waals surface area contributed by atoms with E-state index in [1.165, 1.54) is 0 Å². The average Bonchev–Trinajstić information content (AvgIpc) is 1.88. The van der Waals surface area contributed by atoms with Crippen LogP contribution in [0, 0.1) is 0 Å². The van der Waals surface area contributed by atoms with Crippen LogP contribution in [-0.2, 0) is 11.3 Å². The first-order valence-corrected chi connectivity index (χ1v) is 3.16. The summed E-state index contributed by atoms with van der Waals surface area (Å²) >= 11 is 0. The Morgan fingerprint density at radius 1 is 1.33 bits per heavy atom. The van der Waals surface area contributed by atoms with Gasteiger partial charge < -0.3 is 11.0 Å². The molecule has 0 heterocycles. The fraction of sp³-hybridized carbons (Fsp3) is 0.250.